The van der Waals surface area contributed by atoms with Crippen LogP contribution in [0.1, 0.15) is 37.3 Å². The third-order valence-corrected chi connectivity index (χ3v) is 3.27. The van der Waals surface area contributed by atoms with E-state index in [9.17, 15) is 4.79 Å². The summed E-state index contributed by atoms with van der Waals surface area (Å²) in [7, 11) is 2.97. The average Bonchev–Trinajstić information content (AvgIpc) is 2.42. The minimum Gasteiger partial charge on any atom is -0.495 e. The molecule has 1 aromatic rings. The largest absolute Gasteiger partial charge is 0.495 e. The second kappa shape index (κ2) is 8.02. The van der Waals surface area contributed by atoms with Gasteiger partial charge in [0.2, 0.25) is 0 Å². The van der Waals surface area contributed by atoms with Gasteiger partial charge in [0.1, 0.15) is 5.75 Å². The van der Waals surface area contributed by atoms with Crippen LogP contribution in [0, 0.1) is 0 Å². The van der Waals surface area contributed by atoms with Crippen molar-refractivity contribution < 1.29 is 14.3 Å². The van der Waals surface area contributed by atoms with E-state index in [1.807, 2.05) is 18.2 Å². The fourth-order valence-electron chi connectivity index (χ4n) is 1.82. The Balaban J connectivity index is 2.43. The Morgan fingerprint density at radius 2 is 2.11 bits per heavy atom. The third kappa shape index (κ3) is 5.09. The second-order valence-corrected chi connectivity index (χ2v) is 4.73. The Morgan fingerprint density at radius 3 is 2.68 bits per heavy atom. The van der Waals surface area contributed by atoms with Crippen LogP contribution in [0.3, 0.4) is 0 Å². The third-order valence-electron chi connectivity index (χ3n) is 2.98. The number of carbonyl (C=O) groups is 1. The van der Waals surface area contributed by atoms with Gasteiger partial charge in [0.05, 0.1) is 19.2 Å². The number of carbonyl (C=O) groups excluding carboxylic acids is 1. The molecule has 1 rings (SSSR count). The van der Waals surface area contributed by atoms with Gasteiger partial charge in [0.25, 0.3) is 0 Å². The quantitative estimate of drug-likeness (QED) is 0.618. The SMILES string of the molecule is COC(=O)CCCCC(N)c1ccc(OC)c(Cl)c1. The second-order valence-electron chi connectivity index (χ2n) is 4.32. The molecule has 0 amide bonds. The molecule has 0 aromatic heterocycles. The van der Waals surface area contributed by atoms with Gasteiger partial charge in [0.15, 0.2) is 0 Å². The molecule has 1 atom stereocenters. The Bertz CT molecular complexity index is 423. The van der Waals surface area contributed by atoms with Crippen molar-refractivity contribution in [2.45, 2.75) is 31.7 Å². The predicted octanol–water partition coefficient (Wildman–Crippen LogP) is 3.08. The molecule has 0 heterocycles. The summed E-state index contributed by atoms with van der Waals surface area (Å²) in [5.74, 6) is 0.462. The molecule has 1 aromatic carbocycles. The highest BCUT2D eigenvalue weighted by molar-refractivity contribution is 6.32. The van der Waals surface area contributed by atoms with Crippen LogP contribution in [0.5, 0.6) is 5.75 Å². The first kappa shape index (κ1) is 15.8. The van der Waals surface area contributed by atoms with Gasteiger partial charge < -0.3 is 15.2 Å². The summed E-state index contributed by atoms with van der Waals surface area (Å²) in [6, 6.07) is 5.47. The first-order valence-corrected chi connectivity index (χ1v) is 6.62. The van der Waals surface area contributed by atoms with E-state index in [-0.39, 0.29) is 12.0 Å². The number of benzene rings is 1. The van der Waals surface area contributed by atoms with Gasteiger partial charge >= 0.3 is 5.97 Å². The van der Waals surface area contributed by atoms with Gasteiger partial charge in [-0.25, -0.2) is 0 Å². The molecule has 2 N–H and O–H groups in total. The smallest absolute Gasteiger partial charge is 0.305 e. The van der Waals surface area contributed by atoms with Gasteiger partial charge in [-0.2, -0.15) is 0 Å². The van der Waals surface area contributed by atoms with E-state index in [1.54, 1.807) is 7.11 Å². The van der Waals surface area contributed by atoms with Crippen LogP contribution in [-0.2, 0) is 9.53 Å². The van der Waals surface area contributed by atoms with Crippen molar-refractivity contribution in [2.24, 2.45) is 5.73 Å². The number of halogens is 1. The Labute approximate surface area is 118 Å². The summed E-state index contributed by atoms with van der Waals surface area (Å²) >= 11 is 6.05. The van der Waals surface area contributed by atoms with E-state index in [2.05, 4.69) is 4.74 Å². The molecule has 0 aliphatic rings. The van der Waals surface area contributed by atoms with Crippen LogP contribution >= 0.6 is 11.6 Å². The number of nitrogens with two attached hydrogens (primary N) is 1. The topological polar surface area (TPSA) is 61.5 Å². The van der Waals surface area contributed by atoms with Crippen LogP contribution in [0.4, 0.5) is 0 Å². The van der Waals surface area contributed by atoms with Crippen molar-refractivity contribution in [1.29, 1.82) is 0 Å². The minimum atomic E-state index is -0.180. The zero-order chi connectivity index (χ0) is 14.3. The number of rotatable bonds is 7. The summed E-state index contributed by atoms with van der Waals surface area (Å²) in [5.41, 5.74) is 7.06. The predicted molar refractivity (Wildman–Crippen MR) is 75.4 cm³/mol. The van der Waals surface area contributed by atoms with E-state index < -0.39 is 0 Å². The Hall–Kier alpha value is -1.26. The fraction of sp³-hybridized carbons (Fsp3) is 0.500. The summed E-state index contributed by atoms with van der Waals surface area (Å²) in [6.45, 7) is 0. The molecule has 1 unspecified atom stereocenters. The molecule has 0 fully saturated rings. The summed E-state index contributed by atoms with van der Waals surface area (Å²) in [5, 5.41) is 0.560. The van der Waals surface area contributed by atoms with Gasteiger partial charge in [-0.1, -0.05) is 24.1 Å². The highest BCUT2D eigenvalue weighted by Gasteiger charge is 2.09. The standard InChI is InChI=1S/C14H20ClNO3/c1-18-13-8-7-10(9-11(13)15)12(16)5-3-4-6-14(17)19-2/h7-9,12H,3-6,16H2,1-2H3. The van der Waals surface area contributed by atoms with Crippen molar-refractivity contribution in [2.75, 3.05) is 14.2 Å². The summed E-state index contributed by atoms with van der Waals surface area (Å²) in [4.78, 5) is 11.0. The van der Waals surface area contributed by atoms with Gasteiger partial charge in [0, 0.05) is 12.5 Å². The maximum Gasteiger partial charge on any atom is 0.305 e. The number of unbranched alkanes of at least 4 members (excludes halogenated alkanes) is 1. The van der Waals surface area contributed by atoms with Crippen LogP contribution in [0.25, 0.3) is 0 Å². The molecular formula is C14H20ClNO3. The summed E-state index contributed by atoms with van der Waals surface area (Å²) in [6.07, 6.45) is 2.90. The molecule has 106 valence electrons. The molecule has 19 heavy (non-hydrogen) atoms. The highest BCUT2D eigenvalue weighted by Crippen LogP contribution is 2.28. The van der Waals surface area contributed by atoms with Gasteiger partial charge in [-0.05, 0) is 30.5 Å². The lowest BCUT2D eigenvalue weighted by molar-refractivity contribution is -0.140. The zero-order valence-corrected chi connectivity index (χ0v) is 12.1. The van der Waals surface area contributed by atoms with Crippen LogP contribution in [0.15, 0.2) is 18.2 Å². The Kier molecular flexibility index (Phi) is 6.67. The van der Waals surface area contributed by atoms with Gasteiger partial charge in [-0.3, -0.25) is 4.79 Å². The highest BCUT2D eigenvalue weighted by atomic mass is 35.5. The van der Waals surface area contributed by atoms with Crippen LogP contribution in [-0.4, -0.2) is 20.2 Å². The molecular weight excluding hydrogens is 266 g/mol. The maximum atomic E-state index is 11.0. The van der Waals surface area contributed by atoms with Crippen molar-refractivity contribution >= 4 is 17.6 Å². The van der Waals surface area contributed by atoms with Crippen LogP contribution < -0.4 is 10.5 Å². The number of methoxy groups -OCH3 is 2. The van der Waals surface area contributed by atoms with Crippen molar-refractivity contribution in [3.63, 3.8) is 0 Å². The molecule has 0 aliphatic carbocycles. The molecule has 0 aliphatic heterocycles. The molecule has 0 bridgehead atoms. The fourth-order valence-corrected chi connectivity index (χ4v) is 2.08. The molecule has 5 heteroatoms. The first-order valence-electron chi connectivity index (χ1n) is 6.24. The molecule has 4 nitrogen and oxygen atoms in total. The number of hydrogen-bond acceptors (Lipinski definition) is 4. The minimum absolute atomic E-state index is 0.0824. The van der Waals surface area contributed by atoms with Crippen molar-refractivity contribution in [3.05, 3.63) is 28.8 Å². The lowest BCUT2D eigenvalue weighted by Crippen LogP contribution is -2.10. The zero-order valence-electron chi connectivity index (χ0n) is 11.3. The van der Waals surface area contributed by atoms with E-state index in [1.165, 1.54) is 7.11 Å². The molecule has 0 saturated heterocycles. The molecule has 0 saturated carbocycles. The van der Waals surface area contributed by atoms with Gasteiger partial charge in [-0.15, -0.1) is 0 Å². The lowest BCUT2D eigenvalue weighted by Gasteiger charge is -2.13. The van der Waals surface area contributed by atoms with E-state index >= 15 is 0 Å². The summed E-state index contributed by atoms with van der Waals surface area (Å²) < 4.78 is 9.67. The molecule has 0 spiro atoms. The number of ether oxygens (including phenoxy) is 2. The van der Waals surface area contributed by atoms with Crippen molar-refractivity contribution in [3.8, 4) is 5.75 Å². The van der Waals surface area contributed by atoms with E-state index in [4.69, 9.17) is 22.1 Å². The van der Waals surface area contributed by atoms with E-state index in [0.29, 0.717) is 17.2 Å². The number of esters is 1. The molecule has 0 radical (unpaired) electrons. The maximum absolute atomic E-state index is 11.0. The van der Waals surface area contributed by atoms with Crippen LogP contribution in [0.2, 0.25) is 5.02 Å². The normalized spacial score (nSPS) is 12.0. The lowest BCUT2D eigenvalue weighted by atomic mass is 10.0. The van der Waals surface area contributed by atoms with E-state index in [0.717, 1.165) is 24.8 Å². The Morgan fingerprint density at radius 1 is 1.37 bits per heavy atom. The average molecular weight is 286 g/mol. The number of hydrogen-bond donors (Lipinski definition) is 1. The first-order chi connectivity index (χ1) is 9.08. The van der Waals surface area contributed by atoms with Crippen molar-refractivity contribution in [1.82, 2.24) is 0 Å². The monoisotopic (exact) mass is 285 g/mol.